The molecule has 1 N–H and O–H groups in total. The number of rotatable bonds is 3. The van der Waals surface area contributed by atoms with Gasteiger partial charge in [0.1, 0.15) is 12.7 Å². The van der Waals surface area contributed by atoms with Crippen molar-refractivity contribution in [2.24, 2.45) is 0 Å². The van der Waals surface area contributed by atoms with Crippen LogP contribution in [0.2, 0.25) is 5.28 Å². The van der Waals surface area contributed by atoms with E-state index in [1.54, 1.807) is 0 Å². The quantitative estimate of drug-likeness (QED) is 0.767. The topological polar surface area (TPSA) is 81.4 Å². The molecule has 0 saturated carbocycles. The molecule has 1 aromatic carbocycles. The fourth-order valence-electron chi connectivity index (χ4n) is 1.65. The van der Waals surface area contributed by atoms with Crippen molar-refractivity contribution in [3.63, 3.8) is 0 Å². The lowest BCUT2D eigenvalue weighted by molar-refractivity contribution is 0.796. The lowest BCUT2D eigenvalue weighted by atomic mass is 10.2. The SMILES string of the molecule is Cc1ccc(Nc2nc(Cl)nc(-n3cncn3)n2)c(Br)c1. The second kappa shape index (κ2) is 5.74. The second-order valence-electron chi connectivity index (χ2n) is 4.18. The summed E-state index contributed by atoms with van der Waals surface area (Å²) in [6.07, 6.45) is 2.87. The highest BCUT2D eigenvalue weighted by Gasteiger charge is 2.09. The van der Waals surface area contributed by atoms with Crippen LogP contribution in [0.3, 0.4) is 0 Å². The van der Waals surface area contributed by atoms with Crippen LogP contribution in [0.4, 0.5) is 11.6 Å². The molecule has 0 atom stereocenters. The Morgan fingerprint density at radius 2 is 2.10 bits per heavy atom. The molecule has 0 fully saturated rings. The first-order chi connectivity index (χ1) is 10.1. The Morgan fingerprint density at radius 1 is 1.24 bits per heavy atom. The minimum absolute atomic E-state index is 0.0706. The van der Waals surface area contributed by atoms with Crippen LogP contribution >= 0.6 is 27.5 Å². The van der Waals surface area contributed by atoms with Crippen molar-refractivity contribution in [2.75, 3.05) is 5.32 Å². The van der Waals surface area contributed by atoms with Gasteiger partial charge in [-0.1, -0.05) is 6.07 Å². The number of nitrogens with one attached hydrogen (secondary N) is 1. The summed E-state index contributed by atoms with van der Waals surface area (Å²) in [6, 6.07) is 5.89. The molecular formula is C12H9BrClN7. The van der Waals surface area contributed by atoms with E-state index in [1.165, 1.54) is 17.3 Å². The molecule has 0 saturated heterocycles. The zero-order valence-electron chi connectivity index (χ0n) is 10.8. The first-order valence-corrected chi connectivity index (χ1v) is 7.09. The van der Waals surface area contributed by atoms with E-state index in [1.807, 2.05) is 25.1 Å². The third-order valence-electron chi connectivity index (χ3n) is 2.59. The van der Waals surface area contributed by atoms with Crippen LogP contribution in [0.15, 0.2) is 35.3 Å². The van der Waals surface area contributed by atoms with Crippen LogP contribution in [-0.2, 0) is 0 Å². The molecule has 0 radical (unpaired) electrons. The van der Waals surface area contributed by atoms with Crippen LogP contribution in [0.1, 0.15) is 5.56 Å². The van der Waals surface area contributed by atoms with Gasteiger partial charge in [-0.25, -0.2) is 4.98 Å². The number of benzene rings is 1. The van der Waals surface area contributed by atoms with Gasteiger partial charge < -0.3 is 5.32 Å². The van der Waals surface area contributed by atoms with Gasteiger partial charge in [0.05, 0.1) is 5.69 Å². The molecule has 0 aliphatic heterocycles. The molecule has 2 heterocycles. The Balaban J connectivity index is 1.95. The number of nitrogens with zero attached hydrogens (tertiary/aromatic N) is 6. The molecule has 21 heavy (non-hydrogen) atoms. The highest BCUT2D eigenvalue weighted by atomic mass is 79.9. The zero-order chi connectivity index (χ0) is 14.8. The predicted molar refractivity (Wildman–Crippen MR) is 81.9 cm³/mol. The maximum Gasteiger partial charge on any atom is 0.258 e. The maximum atomic E-state index is 5.92. The Morgan fingerprint density at radius 3 is 2.81 bits per heavy atom. The number of anilines is 2. The summed E-state index contributed by atoms with van der Waals surface area (Å²) in [5.74, 6) is 0.614. The van der Waals surface area contributed by atoms with E-state index < -0.39 is 0 Å². The molecule has 0 spiro atoms. The summed E-state index contributed by atoms with van der Waals surface area (Å²) in [7, 11) is 0. The van der Waals surface area contributed by atoms with E-state index in [-0.39, 0.29) is 5.28 Å². The number of hydrogen-bond acceptors (Lipinski definition) is 6. The summed E-state index contributed by atoms with van der Waals surface area (Å²) in [5, 5.41) is 7.12. The first-order valence-electron chi connectivity index (χ1n) is 5.91. The van der Waals surface area contributed by atoms with E-state index >= 15 is 0 Å². The van der Waals surface area contributed by atoms with Crippen molar-refractivity contribution in [1.82, 2.24) is 29.7 Å². The normalized spacial score (nSPS) is 10.6. The van der Waals surface area contributed by atoms with Gasteiger partial charge in [0, 0.05) is 4.47 Å². The van der Waals surface area contributed by atoms with Gasteiger partial charge in [0.15, 0.2) is 0 Å². The van der Waals surface area contributed by atoms with Gasteiger partial charge in [-0.3, -0.25) is 0 Å². The van der Waals surface area contributed by atoms with Gasteiger partial charge in [-0.05, 0) is 52.2 Å². The molecule has 2 aromatic heterocycles. The molecule has 9 heteroatoms. The van der Waals surface area contributed by atoms with Gasteiger partial charge in [0.25, 0.3) is 5.95 Å². The first kappa shape index (κ1) is 13.9. The number of aryl methyl sites for hydroxylation is 1. The van der Waals surface area contributed by atoms with Crippen molar-refractivity contribution in [3.05, 3.63) is 46.2 Å². The molecule has 0 aliphatic carbocycles. The standard InChI is InChI=1S/C12H9BrClN7/c1-7-2-3-9(8(13)4-7)17-11-18-10(14)19-12(20-11)21-6-15-5-16-21/h2-6H,1H3,(H,17,18,19,20). The minimum Gasteiger partial charge on any atom is -0.323 e. The minimum atomic E-state index is 0.0706. The average Bonchev–Trinajstić information content (AvgIpc) is 2.95. The highest BCUT2D eigenvalue weighted by Crippen LogP contribution is 2.25. The van der Waals surface area contributed by atoms with Crippen LogP contribution in [-0.4, -0.2) is 29.7 Å². The monoisotopic (exact) mass is 365 g/mol. The van der Waals surface area contributed by atoms with Crippen molar-refractivity contribution >= 4 is 39.2 Å². The van der Waals surface area contributed by atoms with Crippen LogP contribution in [0.25, 0.3) is 5.95 Å². The van der Waals surface area contributed by atoms with Crippen LogP contribution in [0, 0.1) is 6.92 Å². The molecule has 3 rings (SSSR count). The number of hydrogen-bond donors (Lipinski definition) is 1. The molecule has 7 nitrogen and oxygen atoms in total. The Labute approximate surface area is 133 Å². The Kier molecular flexibility index (Phi) is 3.80. The van der Waals surface area contributed by atoms with Crippen molar-refractivity contribution in [1.29, 1.82) is 0 Å². The molecule has 3 aromatic rings. The van der Waals surface area contributed by atoms with Gasteiger partial charge >= 0.3 is 0 Å². The summed E-state index contributed by atoms with van der Waals surface area (Å²) >= 11 is 9.41. The van der Waals surface area contributed by atoms with Gasteiger partial charge in [-0.15, -0.1) is 0 Å². The smallest absolute Gasteiger partial charge is 0.258 e. The molecule has 0 unspecified atom stereocenters. The fourth-order valence-corrected chi connectivity index (χ4v) is 2.40. The van der Waals surface area contributed by atoms with E-state index in [0.29, 0.717) is 11.9 Å². The summed E-state index contributed by atoms with van der Waals surface area (Å²) < 4.78 is 2.31. The average molecular weight is 367 g/mol. The molecule has 0 amide bonds. The Hall–Kier alpha value is -2.06. The van der Waals surface area contributed by atoms with E-state index in [2.05, 4.69) is 46.3 Å². The largest absolute Gasteiger partial charge is 0.323 e. The molecule has 106 valence electrons. The van der Waals surface area contributed by atoms with E-state index in [0.717, 1.165) is 15.7 Å². The van der Waals surface area contributed by atoms with E-state index in [9.17, 15) is 0 Å². The van der Waals surface area contributed by atoms with E-state index in [4.69, 9.17) is 11.6 Å². The fraction of sp³-hybridized carbons (Fsp3) is 0.0833. The van der Waals surface area contributed by atoms with Gasteiger partial charge in [-0.2, -0.15) is 24.7 Å². The molecule has 0 bridgehead atoms. The summed E-state index contributed by atoms with van der Waals surface area (Å²) in [6.45, 7) is 2.01. The van der Waals surface area contributed by atoms with Crippen molar-refractivity contribution in [2.45, 2.75) is 6.92 Å². The van der Waals surface area contributed by atoms with Crippen LogP contribution < -0.4 is 5.32 Å². The number of aromatic nitrogens is 6. The summed E-state index contributed by atoms with van der Waals surface area (Å²) in [4.78, 5) is 16.2. The lowest BCUT2D eigenvalue weighted by Gasteiger charge is -2.08. The third kappa shape index (κ3) is 3.17. The summed E-state index contributed by atoms with van der Waals surface area (Å²) in [5.41, 5.74) is 1.97. The van der Waals surface area contributed by atoms with Crippen molar-refractivity contribution < 1.29 is 0 Å². The van der Waals surface area contributed by atoms with Crippen LogP contribution in [0.5, 0.6) is 0 Å². The number of halogens is 2. The lowest BCUT2D eigenvalue weighted by Crippen LogP contribution is -2.07. The second-order valence-corrected chi connectivity index (χ2v) is 5.37. The predicted octanol–water partition coefficient (Wildman–Crippen LogP) is 2.92. The highest BCUT2D eigenvalue weighted by molar-refractivity contribution is 9.10. The zero-order valence-corrected chi connectivity index (χ0v) is 13.2. The molecule has 0 aliphatic rings. The van der Waals surface area contributed by atoms with Gasteiger partial charge in [0.2, 0.25) is 11.2 Å². The third-order valence-corrected chi connectivity index (χ3v) is 3.42. The Bertz CT molecular complexity index is 775. The van der Waals surface area contributed by atoms with Crippen molar-refractivity contribution in [3.8, 4) is 5.95 Å². The molecular weight excluding hydrogens is 358 g/mol. The maximum absolute atomic E-state index is 5.92.